The van der Waals surface area contributed by atoms with Gasteiger partial charge in [-0.3, -0.25) is 5.41 Å². The molecule has 0 aromatic carbocycles. The van der Waals surface area contributed by atoms with Crippen molar-refractivity contribution in [2.24, 2.45) is 15.9 Å². The number of aliphatic imine (C=N–C) groups is 2. The van der Waals surface area contributed by atoms with E-state index in [1.165, 1.54) is 25.0 Å². The zero-order chi connectivity index (χ0) is 7.68. The molecule has 1 fully saturated rings. The summed E-state index contributed by atoms with van der Waals surface area (Å²) in [5.41, 5.74) is 1.18. The fourth-order valence-electron chi connectivity index (χ4n) is 1.65. The van der Waals surface area contributed by atoms with Crippen molar-refractivity contribution in [3.8, 4) is 0 Å². The summed E-state index contributed by atoms with van der Waals surface area (Å²) < 4.78 is 0. The van der Waals surface area contributed by atoms with Crippen LogP contribution in [0.15, 0.2) is 9.98 Å². The number of fused-ring (bicyclic) bond motifs is 1. The number of hydrogen-bond acceptors (Lipinski definition) is 1. The first-order chi connectivity index (χ1) is 5.36. The maximum absolute atomic E-state index is 7.23. The topological polar surface area (TPSA) is 48.6 Å². The fourth-order valence-corrected chi connectivity index (χ4v) is 1.65. The van der Waals surface area contributed by atoms with Gasteiger partial charge in [0, 0.05) is 17.8 Å². The average Bonchev–Trinajstić information content (AvgIpc) is 2.04. The highest BCUT2D eigenvalue weighted by molar-refractivity contribution is 6.10. The van der Waals surface area contributed by atoms with Crippen LogP contribution in [0.2, 0.25) is 0 Å². The molecule has 1 aliphatic carbocycles. The van der Waals surface area contributed by atoms with Crippen LogP contribution in [-0.2, 0) is 0 Å². The molecule has 1 saturated carbocycles. The quantitative estimate of drug-likeness (QED) is 0.544. The summed E-state index contributed by atoms with van der Waals surface area (Å²) in [5, 5.41) is 7.23. The van der Waals surface area contributed by atoms with E-state index in [0.717, 1.165) is 6.42 Å². The molecule has 2 rings (SSSR count). The molecule has 3 heteroatoms. The van der Waals surface area contributed by atoms with E-state index in [9.17, 15) is 0 Å². The van der Waals surface area contributed by atoms with Crippen molar-refractivity contribution in [2.45, 2.75) is 25.7 Å². The lowest BCUT2D eigenvalue weighted by molar-refractivity contribution is 0.617. The van der Waals surface area contributed by atoms with Crippen LogP contribution in [0.4, 0.5) is 0 Å². The molecule has 1 heterocycles. The van der Waals surface area contributed by atoms with Crippen LogP contribution in [-0.4, -0.2) is 17.9 Å². The van der Waals surface area contributed by atoms with E-state index >= 15 is 0 Å². The molecule has 1 unspecified atom stereocenters. The average molecular weight is 149 g/mol. The molecule has 0 saturated heterocycles. The van der Waals surface area contributed by atoms with Gasteiger partial charge in [-0.1, -0.05) is 6.42 Å². The van der Waals surface area contributed by atoms with Gasteiger partial charge in [-0.25, -0.2) is 9.98 Å². The number of rotatable bonds is 0. The van der Waals surface area contributed by atoms with Gasteiger partial charge in [-0.05, 0) is 19.3 Å². The minimum absolute atomic E-state index is 0.179. The Morgan fingerprint density at radius 1 is 1.45 bits per heavy atom. The van der Waals surface area contributed by atoms with Gasteiger partial charge in [-0.15, -0.1) is 0 Å². The molecule has 1 atom stereocenters. The van der Waals surface area contributed by atoms with Crippen molar-refractivity contribution >= 4 is 17.9 Å². The van der Waals surface area contributed by atoms with E-state index in [-0.39, 0.29) is 5.96 Å². The first kappa shape index (κ1) is 6.70. The van der Waals surface area contributed by atoms with Gasteiger partial charge in [0.2, 0.25) is 5.96 Å². The van der Waals surface area contributed by atoms with Crippen molar-refractivity contribution in [1.29, 1.82) is 5.41 Å². The van der Waals surface area contributed by atoms with Gasteiger partial charge in [0.25, 0.3) is 0 Å². The minimum atomic E-state index is 0.179. The molecule has 1 N–H and O–H groups in total. The standard InChI is InChI=1S/C8H11N3/c9-8-10-5-6-3-1-2-4-7(6)11-8/h5-6,9H,1-4H2. The molecule has 11 heavy (non-hydrogen) atoms. The summed E-state index contributed by atoms with van der Waals surface area (Å²) >= 11 is 0. The van der Waals surface area contributed by atoms with Gasteiger partial charge < -0.3 is 0 Å². The van der Waals surface area contributed by atoms with Gasteiger partial charge in [0.15, 0.2) is 0 Å². The molecule has 0 bridgehead atoms. The van der Waals surface area contributed by atoms with Crippen LogP contribution < -0.4 is 0 Å². The Bertz CT molecular complexity index is 240. The third-order valence-electron chi connectivity index (χ3n) is 2.25. The Balaban J connectivity index is 2.21. The van der Waals surface area contributed by atoms with Crippen LogP contribution >= 0.6 is 0 Å². The molecule has 0 aromatic rings. The van der Waals surface area contributed by atoms with Crippen LogP contribution in [0.1, 0.15) is 25.7 Å². The van der Waals surface area contributed by atoms with Crippen molar-refractivity contribution in [2.75, 3.05) is 0 Å². The summed E-state index contributed by atoms with van der Waals surface area (Å²) in [6.07, 6.45) is 6.64. The Labute approximate surface area is 65.8 Å². The zero-order valence-electron chi connectivity index (χ0n) is 6.38. The summed E-state index contributed by atoms with van der Waals surface area (Å²) in [4.78, 5) is 7.99. The largest absolute Gasteiger partial charge is 0.266 e. The van der Waals surface area contributed by atoms with Crippen LogP contribution in [0.5, 0.6) is 0 Å². The van der Waals surface area contributed by atoms with E-state index in [1.54, 1.807) is 0 Å². The summed E-state index contributed by atoms with van der Waals surface area (Å²) in [6.45, 7) is 0. The Morgan fingerprint density at radius 2 is 2.36 bits per heavy atom. The summed E-state index contributed by atoms with van der Waals surface area (Å²) in [5.74, 6) is 0.635. The van der Waals surface area contributed by atoms with E-state index in [4.69, 9.17) is 5.41 Å². The van der Waals surface area contributed by atoms with Crippen LogP contribution in [0.3, 0.4) is 0 Å². The van der Waals surface area contributed by atoms with Crippen molar-refractivity contribution in [3.05, 3.63) is 0 Å². The Hall–Kier alpha value is -0.990. The van der Waals surface area contributed by atoms with Crippen LogP contribution in [0, 0.1) is 11.3 Å². The third kappa shape index (κ3) is 1.23. The lowest BCUT2D eigenvalue weighted by Crippen LogP contribution is -2.24. The van der Waals surface area contributed by atoms with E-state index in [2.05, 4.69) is 9.98 Å². The van der Waals surface area contributed by atoms with Gasteiger partial charge in [0.05, 0.1) is 0 Å². The lowest BCUT2D eigenvalue weighted by Gasteiger charge is -2.22. The predicted octanol–water partition coefficient (Wildman–Crippen LogP) is 1.64. The maximum Gasteiger partial charge on any atom is 0.241 e. The number of hydrogen-bond donors (Lipinski definition) is 1. The zero-order valence-corrected chi connectivity index (χ0v) is 6.38. The molecule has 58 valence electrons. The second-order valence-corrected chi connectivity index (χ2v) is 3.06. The van der Waals surface area contributed by atoms with Crippen molar-refractivity contribution < 1.29 is 0 Å². The summed E-state index contributed by atoms with van der Waals surface area (Å²) in [7, 11) is 0. The first-order valence-electron chi connectivity index (χ1n) is 4.06. The third-order valence-corrected chi connectivity index (χ3v) is 2.25. The SMILES string of the molecule is N=C1N=CC2CCCCC2=N1. The normalized spacial score (nSPS) is 29.6. The predicted molar refractivity (Wildman–Crippen MR) is 45.6 cm³/mol. The summed E-state index contributed by atoms with van der Waals surface area (Å²) in [6, 6.07) is 0. The van der Waals surface area contributed by atoms with Crippen LogP contribution in [0.25, 0.3) is 0 Å². The van der Waals surface area contributed by atoms with Crippen molar-refractivity contribution in [1.82, 2.24) is 0 Å². The van der Waals surface area contributed by atoms with Gasteiger partial charge in [0.1, 0.15) is 0 Å². The molecule has 0 aromatic heterocycles. The molecule has 0 spiro atoms. The Morgan fingerprint density at radius 3 is 3.27 bits per heavy atom. The molecule has 2 aliphatic rings. The maximum atomic E-state index is 7.23. The van der Waals surface area contributed by atoms with Gasteiger partial charge in [-0.2, -0.15) is 0 Å². The minimum Gasteiger partial charge on any atom is -0.266 e. The second kappa shape index (κ2) is 2.57. The molecule has 0 radical (unpaired) electrons. The molecular weight excluding hydrogens is 138 g/mol. The van der Waals surface area contributed by atoms with E-state index < -0.39 is 0 Å². The molecule has 1 aliphatic heterocycles. The molecule has 3 nitrogen and oxygen atoms in total. The smallest absolute Gasteiger partial charge is 0.241 e. The highest BCUT2D eigenvalue weighted by Crippen LogP contribution is 2.22. The molecular formula is C8H11N3. The first-order valence-corrected chi connectivity index (χ1v) is 4.06. The molecule has 0 amide bonds. The van der Waals surface area contributed by atoms with E-state index in [1.807, 2.05) is 6.21 Å². The number of nitrogens with zero attached hydrogens (tertiary/aromatic N) is 2. The number of guanidine groups is 1. The Kier molecular flexibility index (Phi) is 1.56. The monoisotopic (exact) mass is 149 g/mol. The second-order valence-electron chi connectivity index (χ2n) is 3.06. The highest BCUT2D eigenvalue weighted by Gasteiger charge is 2.21. The fraction of sp³-hybridized carbons (Fsp3) is 0.625. The van der Waals surface area contributed by atoms with Crippen molar-refractivity contribution in [3.63, 3.8) is 0 Å². The van der Waals surface area contributed by atoms with Gasteiger partial charge >= 0.3 is 0 Å². The number of nitrogens with one attached hydrogen (secondary N) is 1. The lowest BCUT2D eigenvalue weighted by atomic mass is 9.87. The highest BCUT2D eigenvalue weighted by atomic mass is 15.0. The van der Waals surface area contributed by atoms with E-state index in [0.29, 0.717) is 5.92 Å².